The Labute approximate surface area is 265 Å². The van der Waals surface area contributed by atoms with Gasteiger partial charge < -0.3 is 9.52 Å². The Morgan fingerprint density at radius 2 is 1.23 bits per heavy atom. The minimum absolute atomic E-state index is 0.00928. The van der Waals surface area contributed by atoms with Crippen LogP contribution in [-0.4, -0.2) is 15.6 Å². The van der Waals surface area contributed by atoms with Crippen LogP contribution in [0.25, 0.3) is 60.3 Å². The van der Waals surface area contributed by atoms with E-state index in [1.807, 2.05) is 0 Å². The fourth-order valence-corrected chi connectivity index (χ4v) is 6.20. The van der Waals surface area contributed by atoms with Crippen molar-refractivity contribution in [2.24, 2.45) is 0 Å². The number of halogens is 6. The van der Waals surface area contributed by atoms with Crippen LogP contribution in [-0.2, 0) is 23.6 Å². The van der Waals surface area contributed by atoms with Crippen LogP contribution < -0.4 is 11.1 Å². The second-order valence-electron chi connectivity index (χ2n) is 11.5. The van der Waals surface area contributed by atoms with E-state index in [1.165, 1.54) is 30.3 Å². The van der Waals surface area contributed by atoms with Gasteiger partial charge in [-0.05, 0) is 95.6 Å². The summed E-state index contributed by atoms with van der Waals surface area (Å²) in [5, 5.41) is 10.8. The van der Waals surface area contributed by atoms with Crippen LogP contribution in [0.3, 0.4) is 0 Å². The van der Waals surface area contributed by atoms with Crippen LogP contribution in [0.1, 0.15) is 29.5 Å². The normalized spacial score (nSPS) is 12.5. The molecule has 12 heteroatoms. The number of aryl methyl sites for hydroxylation is 1. The van der Waals surface area contributed by atoms with Crippen LogP contribution in [0.2, 0.25) is 0 Å². The van der Waals surface area contributed by atoms with Gasteiger partial charge in [0, 0.05) is 33.4 Å². The third kappa shape index (κ3) is 5.23. The zero-order chi connectivity index (χ0) is 34.1. The molecule has 0 saturated carbocycles. The van der Waals surface area contributed by atoms with E-state index in [4.69, 9.17) is 9.52 Å². The molecule has 0 radical (unpaired) electrons. The molecule has 0 bridgehead atoms. The van der Waals surface area contributed by atoms with E-state index in [0.29, 0.717) is 57.8 Å². The van der Waals surface area contributed by atoms with Crippen LogP contribution >= 0.6 is 0 Å². The Morgan fingerprint density at radius 1 is 0.646 bits per heavy atom. The van der Waals surface area contributed by atoms with Gasteiger partial charge in [0.1, 0.15) is 11.2 Å². The van der Waals surface area contributed by atoms with Crippen LogP contribution in [0.5, 0.6) is 0 Å². The number of hydrogen-bond donors (Lipinski definition) is 1. The Balaban J connectivity index is 1.40. The lowest BCUT2D eigenvalue weighted by molar-refractivity contribution is -0.143. The molecule has 0 amide bonds. The number of nitrogens with zero attached hydrogens (tertiary/aromatic N) is 1. The van der Waals surface area contributed by atoms with Crippen molar-refractivity contribution in [1.29, 1.82) is 0 Å². The number of carboxylic acid groups (broad SMARTS) is 1. The van der Waals surface area contributed by atoms with E-state index in [2.05, 4.69) is 0 Å². The van der Waals surface area contributed by atoms with Gasteiger partial charge in [0.2, 0.25) is 0 Å². The van der Waals surface area contributed by atoms with E-state index < -0.39 is 40.6 Å². The highest BCUT2D eigenvalue weighted by Crippen LogP contribution is 2.41. The van der Waals surface area contributed by atoms with Crippen molar-refractivity contribution in [3.63, 3.8) is 0 Å². The van der Waals surface area contributed by atoms with E-state index in [1.54, 1.807) is 36.4 Å². The molecule has 0 aliphatic carbocycles. The molecule has 0 aliphatic rings. The van der Waals surface area contributed by atoms with E-state index in [-0.39, 0.29) is 40.0 Å². The van der Waals surface area contributed by atoms with Crippen molar-refractivity contribution < 1.29 is 40.7 Å². The number of benzene rings is 5. The topological polar surface area (TPSA) is 89.5 Å². The monoisotopic (exact) mass is 661 g/mol. The van der Waals surface area contributed by atoms with Gasteiger partial charge in [-0.1, -0.05) is 24.3 Å². The molecule has 6 nitrogen and oxygen atoms in total. The average molecular weight is 662 g/mol. The highest BCUT2D eigenvalue weighted by molar-refractivity contribution is 6.26. The molecule has 0 aliphatic heterocycles. The van der Waals surface area contributed by atoms with Crippen molar-refractivity contribution in [3.05, 3.63) is 122 Å². The Morgan fingerprint density at radius 3 is 1.83 bits per heavy atom. The number of pyridine rings is 1. The Kier molecular flexibility index (Phi) is 7.08. The number of carbonyl (C=O) groups is 1. The lowest BCUT2D eigenvalue weighted by atomic mass is 9.94. The van der Waals surface area contributed by atoms with Crippen molar-refractivity contribution in [3.8, 4) is 16.8 Å². The maximum absolute atomic E-state index is 13.8. The Hall–Kier alpha value is -5.65. The molecular formula is C36H21F6NO5. The molecule has 2 aromatic heterocycles. The molecule has 48 heavy (non-hydrogen) atoms. The lowest BCUT2D eigenvalue weighted by Crippen LogP contribution is -2.31. The summed E-state index contributed by atoms with van der Waals surface area (Å²) in [5.41, 5.74) is -2.55. The van der Waals surface area contributed by atoms with Crippen LogP contribution in [0.4, 0.5) is 26.3 Å². The maximum atomic E-state index is 13.8. The first-order valence-corrected chi connectivity index (χ1v) is 14.6. The maximum Gasteiger partial charge on any atom is 0.416 e. The fraction of sp³-hybridized carbons (Fsp3) is 0.139. The fourth-order valence-electron chi connectivity index (χ4n) is 6.20. The molecule has 0 saturated heterocycles. The van der Waals surface area contributed by atoms with Gasteiger partial charge in [0.15, 0.2) is 0 Å². The van der Waals surface area contributed by atoms with Gasteiger partial charge in [-0.2, -0.15) is 26.3 Å². The highest BCUT2D eigenvalue weighted by atomic mass is 19.4. The largest absolute Gasteiger partial charge is 0.481 e. The predicted octanol–water partition coefficient (Wildman–Crippen LogP) is 8.95. The lowest BCUT2D eigenvalue weighted by Gasteiger charge is -2.16. The molecule has 2 heterocycles. The minimum atomic E-state index is -5.02. The molecule has 5 aromatic carbocycles. The summed E-state index contributed by atoms with van der Waals surface area (Å²) >= 11 is 0. The number of alkyl halides is 6. The Bertz CT molecular complexity index is 2460. The van der Waals surface area contributed by atoms with Crippen LogP contribution in [0, 0.1) is 0 Å². The summed E-state index contributed by atoms with van der Waals surface area (Å²) in [6, 6.07) is 18.5. The zero-order valence-corrected chi connectivity index (χ0v) is 24.5. The number of hydrogen-bond acceptors (Lipinski definition) is 4. The van der Waals surface area contributed by atoms with Gasteiger partial charge in [0.05, 0.1) is 16.8 Å². The van der Waals surface area contributed by atoms with Gasteiger partial charge in [0.25, 0.3) is 11.1 Å². The molecule has 7 rings (SSSR count). The minimum Gasteiger partial charge on any atom is -0.481 e. The molecule has 0 spiro atoms. The average Bonchev–Trinajstić information content (AvgIpc) is 3.04. The number of aliphatic carboxylic acids is 1. The predicted molar refractivity (Wildman–Crippen MR) is 168 cm³/mol. The SMILES string of the molecule is O=C(O)CCCc1ccc(-n2c(=O)c3ccc4oc5ccc(-c6cc(C(F)(F)F)cc(C(F)(F)F)c6)cc5c5ccc(c2=O)c3c45)cc1. The molecule has 242 valence electrons. The standard InChI is InChI=1S/C36H21F6NO5/c37-35(38,39)21-14-20(15-22(17-21)36(40,41)42)19-6-12-28-27(16-19)24-9-10-25-31-26(11-13-29(48-28)32(24)31)34(47)43(33(25)46)23-7-4-18(5-8-23)2-1-3-30(44)45/h4-17H,1-3H2,(H,44,45). The van der Waals surface area contributed by atoms with Gasteiger partial charge in [-0.3, -0.25) is 14.4 Å². The van der Waals surface area contributed by atoms with Gasteiger partial charge in [-0.25, -0.2) is 4.57 Å². The van der Waals surface area contributed by atoms with Crippen molar-refractivity contribution in [2.45, 2.75) is 31.6 Å². The van der Waals surface area contributed by atoms with E-state index in [9.17, 15) is 40.7 Å². The van der Waals surface area contributed by atoms with Gasteiger partial charge in [-0.15, -0.1) is 0 Å². The summed E-state index contributed by atoms with van der Waals surface area (Å²) in [6.45, 7) is 0. The first-order valence-electron chi connectivity index (χ1n) is 14.6. The summed E-state index contributed by atoms with van der Waals surface area (Å²) < 4.78 is 88.6. The summed E-state index contributed by atoms with van der Waals surface area (Å²) in [6.07, 6.45) is -9.10. The molecule has 7 aromatic rings. The summed E-state index contributed by atoms with van der Waals surface area (Å²) in [4.78, 5) is 38.4. The van der Waals surface area contributed by atoms with Crippen molar-refractivity contribution in [2.75, 3.05) is 0 Å². The molecule has 0 unspecified atom stereocenters. The highest BCUT2D eigenvalue weighted by Gasteiger charge is 2.37. The number of carboxylic acids is 1. The van der Waals surface area contributed by atoms with E-state index in [0.717, 1.165) is 10.1 Å². The van der Waals surface area contributed by atoms with E-state index >= 15 is 0 Å². The van der Waals surface area contributed by atoms with Crippen molar-refractivity contribution >= 4 is 49.5 Å². The number of rotatable bonds is 6. The third-order valence-electron chi connectivity index (χ3n) is 8.45. The smallest absolute Gasteiger partial charge is 0.416 e. The second kappa shape index (κ2) is 11.0. The summed E-state index contributed by atoms with van der Waals surface area (Å²) in [5.74, 6) is -0.903. The van der Waals surface area contributed by atoms with Crippen LogP contribution in [0.15, 0.2) is 98.9 Å². The molecule has 0 fully saturated rings. The molecule has 1 N–H and O–H groups in total. The summed E-state index contributed by atoms with van der Waals surface area (Å²) in [7, 11) is 0. The third-order valence-corrected chi connectivity index (χ3v) is 8.45. The quantitative estimate of drug-likeness (QED) is 0.109. The zero-order valence-electron chi connectivity index (χ0n) is 24.5. The van der Waals surface area contributed by atoms with Crippen molar-refractivity contribution in [1.82, 2.24) is 4.57 Å². The first-order chi connectivity index (χ1) is 22.7. The first kappa shape index (κ1) is 31.0. The van der Waals surface area contributed by atoms with Gasteiger partial charge >= 0.3 is 18.3 Å². The molecule has 0 atom stereocenters. The molecular weight excluding hydrogens is 640 g/mol. The second-order valence-corrected chi connectivity index (χ2v) is 11.5. The number of fused-ring (bicyclic) bond motifs is 2. The number of aromatic nitrogens is 1.